The molecule has 0 aromatic heterocycles. The minimum atomic E-state index is 0. The van der Waals surface area contributed by atoms with Crippen LogP contribution in [-0.4, -0.2) is 59.3 Å². The molecule has 0 aromatic rings. The third-order valence-electron chi connectivity index (χ3n) is 0. The molecule has 0 aliphatic heterocycles. The molecule has 5 heteroatoms. The van der Waals surface area contributed by atoms with E-state index in [2.05, 4.69) is 0 Å². The second kappa shape index (κ2) is 27.8. The van der Waals surface area contributed by atoms with E-state index in [1.54, 1.807) is 0 Å². The van der Waals surface area contributed by atoms with Crippen LogP contribution in [0, 0.1) is 0 Å². The van der Waals surface area contributed by atoms with Crippen LogP contribution < -0.4 is 0 Å². The molecule has 4 radical (unpaired) electrons. The molecule has 0 spiro atoms. The molecule has 0 fully saturated rings. The molecule has 5 heavy (non-hydrogen) atoms. The fourth-order valence-corrected chi connectivity index (χ4v) is 0. The van der Waals surface area contributed by atoms with Gasteiger partial charge in [0.1, 0.15) is 0 Å². The van der Waals surface area contributed by atoms with Crippen molar-refractivity contribution in [3.63, 3.8) is 0 Å². The normalized spacial score (nSPS) is 0. The van der Waals surface area contributed by atoms with Crippen molar-refractivity contribution in [3.8, 4) is 0 Å². The van der Waals surface area contributed by atoms with E-state index < -0.39 is 0 Å². The first-order valence-corrected chi connectivity index (χ1v) is 0. The summed E-state index contributed by atoms with van der Waals surface area (Å²) in [6, 6.07) is 0. The molecule has 0 aliphatic rings. The molecule has 0 unspecified atom stereocenters. The van der Waals surface area contributed by atoms with Crippen LogP contribution in [0.15, 0.2) is 0 Å². The zero-order valence-corrected chi connectivity index (χ0v) is 6.96. The standard InChI is InChI=1S/Al.Li.Mg.Mn.Zn.3H. The van der Waals surface area contributed by atoms with Gasteiger partial charge in [-0.05, 0) is 0 Å². The third kappa shape index (κ3) is 19.4. The fraction of sp³-hybridized carbons (Fsp3) is 0. The van der Waals surface area contributed by atoms with E-state index in [0.717, 1.165) is 0 Å². The van der Waals surface area contributed by atoms with Crippen LogP contribution in [0.4, 0.5) is 0 Å². The molecule has 0 heterocycles. The van der Waals surface area contributed by atoms with Crippen molar-refractivity contribution < 1.29 is 36.5 Å². The SMILES string of the molecule is [Al].[LiH].[MgH2].[Mn].[Zn]. The van der Waals surface area contributed by atoms with Gasteiger partial charge in [0, 0.05) is 53.9 Å². The van der Waals surface area contributed by atoms with Crippen molar-refractivity contribution in [2.45, 2.75) is 0 Å². The van der Waals surface area contributed by atoms with Crippen LogP contribution in [0.3, 0.4) is 0 Å². The summed E-state index contributed by atoms with van der Waals surface area (Å²) in [4.78, 5) is 0. The van der Waals surface area contributed by atoms with Crippen LogP contribution in [0.5, 0.6) is 0 Å². The minimum Gasteiger partial charge on any atom is 0 e. The fourth-order valence-electron chi connectivity index (χ4n) is 0. The second-order valence-electron chi connectivity index (χ2n) is 0. The van der Waals surface area contributed by atoms with E-state index in [9.17, 15) is 0 Å². The molecule has 0 nitrogen and oxygen atoms in total. The van der Waals surface area contributed by atoms with Gasteiger partial charge in [0.2, 0.25) is 0 Å². The summed E-state index contributed by atoms with van der Waals surface area (Å²) in [7, 11) is 0. The van der Waals surface area contributed by atoms with Crippen molar-refractivity contribution in [2.24, 2.45) is 0 Å². The summed E-state index contributed by atoms with van der Waals surface area (Å²) < 4.78 is 0. The average molecular weight is 182 g/mol. The van der Waals surface area contributed by atoms with Crippen LogP contribution in [0.2, 0.25) is 0 Å². The van der Waals surface area contributed by atoms with Crippen molar-refractivity contribution in [1.82, 2.24) is 0 Å². The summed E-state index contributed by atoms with van der Waals surface area (Å²) in [6.07, 6.45) is 0. The van der Waals surface area contributed by atoms with E-state index in [4.69, 9.17) is 0 Å². The van der Waals surface area contributed by atoms with E-state index >= 15 is 0 Å². The van der Waals surface area contributed by atoms with Crippen molar-refractivity contribution in [2.75, 3.05) is 0 Å². The average Bonchev–Trinajstić information content (AvgIpc) is 0. The van der Waals surface area contributed by atoms with Crippen LogP contribution in [0.1, 0.15) is 0 Å². The van der Waals surface area contributed by atoms with Gasteiger partial charge in [0.25, 0.3) is 0 Å². The first kappa shape index (κ1) is 43.1. The minimum absolute atomic E-state index is 0. The summed E-state index contributed by atoms with van der Waals surface area (Å²) in [5, 5.41) is 0. The van der Waals surface area contributed by atoms with E-state index in [1.165, 1.54) is 0 Å². The van der Waals surface area contributed by atoms with Gasteiger partial charge < -0.3 is 0 Å². The summed E-state index contributed by atoms with van der Waals surface area (Å²) >= 11 is 0. The monoisotopic (exact) mass is 180 g/mol. The Labute approximate surface area is 94.3 Å². The van der Waals surface area contributed by atoms with Gasteiger partial charge in [-0.15, -0.1) is 0 Å². The van der Waals surface area contributed by atoms with Gasteiger partial charge in [0.15, 0.2) is 0 Å². The van der Waals surface area contributed by atoms with Gasteiger partial charge in [-0.2, -0.15) is 0 Å². The summed E-state index contributed by atoms with van der Waals surface area (Å²) in [5.74, 6) is 0. The largest absolute Gasteiger partial charge is 0.316 e. The second-order valence-corrected chi connectivity index (χ2v) is 0. The van der Waals surface area contributed by atoms with Crippen LogP contribution in [-0.2, 0) is 36.5 Å². The maximum absolute atomic E-state index is 0. The molecule has 0 bridgehead atoms. The molecule has 18 valence electrons. The Hall–Kier alpha value is 3.04. The van der Waals surface area contributed by atoms with Gasteiger partial charge >= 0.3 is 41.9 Å². The third-order valence-corrected chi connectivity index (χ3v) is 0. The molecule has 0 rings (SSSR count). The molecular weight excluding hydrogens is 179 g/mol. The topological polar surface area (TPSA) is 0 Å². The predicted octanol–water partition coefficient (Wildman–Crippen LogP) is -1.95. The van der Waals surface area contributed by atoms with Gasteiger partial charge in [-0.3, -0.25) is 0 Å². The summed E-state index contributed by atoms with van der Waals surface area (Å²) in [5.41, 5.74) is 0. The smallest absolute Gasteiger partial charge is 0 e. The molecule has 0 aromatic carbocycles. The Balaban J connectivity index is 0. The van der Waals surface area contributed by atoms with Crippen molar-refractivity contribution >= 4 is 59.3 Å². The molecular formula is H3AlLiMgMnZn. The molecule has 0 aliphatic carbocycles. The zero-order chi connectivity index (χ0) is 0. The van der Waals surface area contributed by atoms with Crippen molar-refractivity contribution in [3.05, 3.63) is 0 Å². The summed E-state index contributed by atoms with van der Waals surface area (Å²) in [6.45, 7) is 0. The molecule has 0 saturated carbocycles. The maximum atomic E-state index is 0. The Morgan fingerprint density at radius 2 is 1.00 bits per heavy atom. The van der Waals surface area contributed by atoms with E-state index in [-0.39, 0.29) is 95.8 Å². The Kier molecular flexibility index (Phi) is 240. The van der Waals surface area contributed by atoms with Gasteiger partial charge in [-0.25, -0.2) is 0 Å². The predicted molar refractivity (Wildman–Crippen MR) is 21.4 cm³/mol. The molecule has 0 amide bonds. The number of hydrogen-bond donors (Lipinski definition) is 0. The Morgan fingerprint density at radius 1 is 1.00 bits per heavy atom. The number of hydrogen-bond acceptors (Lipinski definition) is 0. The zero-order valence-electron chi connectivity index (χ0n) is 1.66. The quantitative estimate of drug-likeness (QED) is 0.381. The van der Waals surface area contributed by atoms with E-state index in [0.29, 0.717) is 0 Å². The van der Waals surface area contributed by atoms with E-state index in [1.807, 2.05) is 0 Å². The van der Waals surface area contributed by atoms with Crippen LogP contribution in [0.25, 0.3) is 0 Å². The van der Waals surface area contributed by atoms with Gasteiger partial charge in [-0.1, -0.05) is 0 Å². The molecule has 0 N–H and O–H groups in total. The Morgan fingerprint density at radius 3 is 1.00 bits per heavy atom. The molecule has 0 saturated heterocycles. The van der Waals surface area contributed by atoms with Crippen molar-refractivity contribution in [1.29, 1.82) is 0 Å². The first-order valence-electron chi connectivity index (χ1n) is 0. The molecule has 0 atom stereocenters. The Bertz CT molecular complexity index is 11.6. The van der Waals surface area contributed by atoms with Crippen LogP contribution >= 0.6 is 0 Å². The first-order chi connectivity index (χ1) is 0. The van der Waals surface area contributed by atoms with Gasteiger partial charge in [0.05, 0.1) is 0 Å². The maximum Gasteiger partial charge on any atom is 0.316 e. The number of rotatable bonds is 0.